The van der Waals surface area contributed by atoms with Crippen LogP contribution in [0.5, 0.6) is 0 Å². The zero-order chi connectivity index (χ0) is 17.0. The number of nitrogens with zero attached hydrogens (tertiary/aromatic N) is 1. The molecule has 0 N–H and O–H groups in total. The summed E-state index contributed by atoms with van der Waals surface area (Å²) in [6, 6.07) is 10.7. The summed E-state index contributed by atoms with van der Waals surface area (Å²) in [5.41, 5.74) is 0.0122. The highest BCUT2D eigenvalue weighted by Gasteiger charge is 2.27. The molecule has 0 aliphatic heterocycles. The van der Waals surface area contributed by atoms with E-state index in [1.165, 1.54) is 6.07 Å². The first kappa shape index (κ1) is 16.2. The monoisotopic (exact) mass is 315 g/mol. The van der Waals surface area contributed by atoms with Crippen LogP contribution in [0.3, 0.4) is 0 Å². The Balaban J connectivity index is 2.84. The van der Waals surface area contributed by atoms with Gasteiger partial charge in [0.05, 0.1) is 35.8 Å². The van der Waals surface area contributed by atoms with Gasteiger partial charge >= 0.3 is 11.9 Å². The van der Waals surface area contributed by atoms with Crippen LogP contribution in [0.15, 0.2) is 42.5 Å². The summed E-state index contributed by atoms with van der Waals surface area (Å²) in [5.74, 6) is -1.56. The first-order valence-electron chi connectivity index (χ1n) is 6.54. The van der Waals surface area contributed by atoms with Crippen molar-refractivity contribution in [2.24, 2.45) is 0 Å². The molecule has 118 valence electrons. The second-order valence-electron chi connectivity index (χ2n) is 4.52. The first-order valence-corrected chi connectivity index (χ1v) is 6.54. The standard InChI is InChI=1S/C16H13NO6/c1-22-15(18)11-8-12(16(19)23-2)14(13(9-11)17(20)21)10-6-4-3-5-7-10/h3-9H,1-2H3. The third-order valence-electron chi connectivity index (χ3n) is 3.20. The number of nitro groups is 1. The molecule has 0 amide bonds. The number of esters is 2. The molecule has 0 radical (unpaired) electrons. The zero-order valence-electron chi connectivity index (χ0n) is 12.4. The molecular formula is C16H13NO6. The second kappa shape index (κ2) is 6.69. The molecule has 7 nitrogen and oxygen atoms in total. The minimum atomic E-state index is -0.780. The van der Waals surface area contributed by atoms with Gasteiger partial charge in [-0.1, -0.05) is 30.3 Å². The molecule has 0 unspecified atom stereocenters. The van der Waals surface area contributed by atoms with E-state index in [0.717, 1.165) is 20.3 Å². The summed E-state index contributed by atoms with van der Waals surface area (Å²) < 4.78 is 9.26. The molecule has 0 heterocycles. The number of carbonyl (C=O) groups is 2. The van der Waals surface area contributed by atoms with Crippen LogP contribution in [0, 0.1) is 10.1 Å². The van der Waals surface area contributed by atoms with E-state index in [4.69, 9.17) is 0 Å². The fourth-order valence-electron chi connectivity index (χ4n) is 2.19. The Kier molecular flexibility index (Phi) is 4.70. The summed E-state index contributed by atoms with van der Waals surface area (Å²) in [4.78, 5) is 34.5. The molecular weight excluding hydrogens is 302 g/mol. The van der Waals surface area contributed by atoms with E-state index in [1.807, 2.05) is 0 Å². The summed E-state index contributed by atoms with van der Waals surface area (Å²) >= 11 is 0. The van der Waals surface area contributed by atoms with Crippen LogP contribution in [0.25, 0.3) is 11.1 Å². The lowest BCUT2D eigenvalue weighted by Gasteiger charge is -2.11. The molecule has 0 aliphatic rings. The Labute approximate surface area is 131 Å². The van der Waals surface area contributed by atoms with Crippen molar-refractivity contribution in [2.45, 2.75) is 0 Å². The number of nitro benzene ring substituents is 1. The van der Waals surface area contributed by atoms with E-state index in [2.05, 4.69) is 9.47 Å². The van der Waals surface area contributed by atoms with Gasteiger partial charge in [-0.05, 0) is 11.6 Å². The quantitative estimate of drug-likeness (QED) is 0.489. The number of ether oxygens (including phenoxy) is 2. The highest BCUT2D eigenvalue weighted by molar-refractivity contribution is 6.03. The Bertz CT molecular complexity index is 770. The van der Waals surface area contributed by atoms with Crippen molar-refractivity contribution < 1.29 is 24.0 Å². The topological polar surface area (TPSA) is 95.7 Å². The average Bonchev–Trinajstić information content (AvgIpc) is 2.59. The van der Waals surface area contributed by atoms with Crippen LogP contribution in [0.4, 0.5) is 5.69 Å². The van der Waals surface area contributed by atoms with Crippen LogP contribution in [-0.4, -0.2) is 31.1 Å². The van der Waals surface area contributed by atoms with Gasteiger partial charge in [-0.3, -0.25) is 10.1 Å². The molecule has 7 heteroatoms. The van der Waals surface area contributed by atoms with Crippen molar-refractivity contribution in [3.8, 4) is 11.1 Å². The van der Waals surface area contributed by atoms with Gasteiger partial charge in [-0.25, -0.2) is 9.59 Å². The molecule has 0 saturated heterocycles. The van der Waals surface area contributed by atoms with E-state index in [0.29, 0.717) is 5.56 Å². The number of hydrogen-bond acceptors (Lipinski definition) is 6. The molecule has 2 aromatic carbocycles. The third kappa shape index (κ3) is 3.18. The van der Waals surface area contributed by atoms with Gasteiger partial charge in [0.15, 0.2) is 0 Å². The molecule has 0 spiro atoms. The predicted octanol–water partition coefficient (Wildman–Crippen LogP) is 2.84. The third-order valence-corrected chi connectivity index (χ3v) is 3.20. The molecule has 23 heavy (non-hydrogen) atoms. The highest BCUT2D eigenvalue weighted by atomic mass is 16.6. The maximum Gasteiger partial charge on any atom is 0.338 e. The number of benzene rings is 2. The fraction of sp³-hybridized carbons (Fsp3) is 0.125. The number of rotatable bonds is 4. The van der Waals surface area contributed by atoms with Gasteiger partial charge in [0.25, 0.3) is 5.69 Å². The van der Waals surface area contributed by atoms with Crippen molar-refractivity contribution >= 4 is 17.6 Å². The molecule has 0 aliphatic carbocycles. The van der Waals surface area contributed by atoms with Crippen molar-refractivity contribution in [1.29, 1.82) is 0 Å². The van der Waals surface area contributed by atoms with Crippen LogP contribution >= 0.6 is 0 Å². The molecule has 2 rings (SSSR count). The lowest BCUT2D eigenvalue weighted by atomic mass is 9.95. The van der Waals surface area contributed by atoms with E-state index in [1.54, 1.807) is 30.3 Å². The normalized spacial score (nSPS) is 10.0. The van der Waals surface area contributed by atoms with Gasteiger partial charge in [0.1, 0.15) is 0 Å². The Morgan fingerprint density at radius 2 is 1.61 bits per heavy atom. The highest BCUT2D eigenvalue weighted by Crippen LogP contribution is 2.35. The maximum absolute atomic E-state index is 12.0. The summed E-state index contributed by atoms with van der Waals surface area (Å²) in [5, 5.41) is 11.4. The summed E-state index contributed by atoms with van der Waals surface area (Å²) in [6.45, 7) is 0. The smallest absolute Gasteiger partial charge is 0.338 e. The van der Waals surface area contributed by atoms with Crippen LogP contribution in [-0.2, 0) is 9.47 Å². The number of carbonyl (C=O) groups excluding carboxylic acids is 2. The van der Waals surface area contributed by atoms with Gasteiger partial charge in [-0.2, -0.15) is 0 Å². The summed E-state index contributed by atoms with van der Waals surface area (Å²) in [6.07, 6.45) is 0. The minimum Gasteiger partial charge on any atom is -0.465 e. The molecule has 0 atom stereocenters. The van der Waals surface area contributed by atoms with E-state index in [-0.39, 0.29) is 22.4 Å². The predicted molar refractivity (Wildman–Crippen MR) is 81.2 cm³/mol. The lowest BCUT2D eigenvalue weighted by molar-refractivity contribution is -0.384. The lowest BCUT2D eigenvalue weighted by Crippen LogP contribution is -2.10. The Hall–Kier alpha value is -3.22. The SMILES string of the molecule is COC(=O)c1cc(C(=O)OC)c(-c2ccccc2)c([N+](=O)[O-])c1. The van der Waals surface area contributed by atoms with Gasteiger partial charge < -0.3 is 9.47 Å². The average molecular weight is 315 g/mol. The second-order valence-corrected chi connectivity index (χ2v) is 4.52. The van der Waals surface area contributed by atoms with Crippen molar-refractivity contribution in [3.05, 3.63) is 63.7 Å². The minimum absolute atomic E-state index is 0.0756. The van der Waals surface area contributed by atoms with E-state index in [9.17, 15) is 19.7 Å². The Morgan fingerprint density at radius 1 is 1.00 bits per heavy atom. The largest absolute Gasteiger partial charge is 0.465 e. The van der Waals surface area contributed by atoms with Crippen molar-refractivity contribution in [1.82, 2.24) is 0 Å². The zero-order valence-corrected chi connectivity index (χ0v) is 12.4. The molecule has 0 saturated carbocycles. The Morgan fingerprint density at radius 3 is 2.13 bits per heavy atom. The van der Waals surface area contributed by atoms with Gasteiger partial charge in [0, 0.05) is 6.07 Å². The fourth-order valence-corrected chi connectivity index (χ4v) is 2.19. The van der Waals surface area contributed by atoms with Crippen LogP contribution in [0.1, 0.15) is 20.7 Å². The maximum atomic E-state index is 12.0. The number of methoxy groups -OCH3 is 2. The van der Waals surface area contributed by atoms with Crippen LogP contribution < -0.4 is 0 Å². The molecule has 0 bridgehead atoms. The van der Waals surface area contributed by atoms with E-state index >= 15 is 0 Å². The van der Waals surface area contributed by atoms with Gasteiger partial charge in [0.2, 0.25) is 0 Å². The first-order chi connectivity index (χ1) is 11.0. The molecule has 2 aromatic rings. The number of hydrogen-bond donors (Lipinski definition) is 0. The summed E-state index contributed by atoms with van der Waals surface area (Å²) in [7, 11) is 2.31. The van der Waals surface area contributed by atoms with Gasteiger partial charge in [-0.15, -0.1) is 0 Å². The van der Waals surface area contributed by atoms with Crippen LogP contribution in [0.2, 0.25) is 0 Å². The molecule has 0 fully saturated rings. The van der Waals surface area contributed by atoms with Crippen molar-refractivity contribution in [3.63, 3.8) is 0 Å². The van der Waals surface area contributed by atoms with Crippen molar-refractivity contribution in [2.75, 3.05) is 14.2 Å². The molecule has 0 aromatic heterocycles. The van der Waals surface area contributed by atoms with E-state index < -0.39 is 16.9 Å².